The average molecular weight is 474 g/mol. The minimum Gasteiger partial charge on any atom is -0.497 e. The van der Waals surface area contributed by atoms with Crippen molar-refractivity contribution >= 4 is 11.6 Å². The summed E-state index contributed by atoms with van der Waals surface area (Å²) in [5.74, 6) is 1.32. The highest BCUT2D eigenvalue weighted by Gasteiger charge is 2.37. The van der Waals surface area contributed by atoms with Gasteiger partial charge in [0.05, 0.1) is 7.11 Å². The molecule has 0 radical (unpaired) electrons. The van der Waals surface area contributed by atoms with Crippen molar-refractivity contribution in [2.45, 2.75) is 5.92 Å². The number of halogens is 1. The third kappa shape index (κ3) is 5.33. The van der Waals surface area contributed by atoms with Gasteiger partial charge in [0, 0.05) is 63.0 Å². The maximum Gasteiger partial charge on any atom is 0.253 e. The number of likely N-dealkylation sites (tertiary alicyclic amines) is 1. The summed E-state index contributed by atoms with van der Waals surface area (Å²) >= 11 is 0. The number of rotatable bonds is 6. The zero-order valence-corrected chi connectivity index (χ0v) is 20.1. The van der Waals surface area contributed by atoms with E-state index in [0.29, 0.717) is 17.4 Å². The molecule has 0 aliphatic carbocycles. The molecule has 0 unspecified atom stereocenters. The van der Waals surface area contributed by atoms with Gasteiger partial charge in [-0.1, -0.05) is 30.3 Å². The molecule has 2 aliphatic rings. The largest absolute Gasteiger partial charge is 0.497 e. The summed E-state index contributed by atoms with van der Waals surface area (Å²) in [6, 6.07) is 24.7. The van der Waals surface area contributed by atoms with Gasteiger partial charge in [-0.05, 0) is 60.0 Å². The number of amides is 1. The molecule has 3 aromatic carbocycles. The van der Waals surface area contributed by atoms with Gasteiger partial charge in [-0.3, -0.25) is 9.69 Å². The molecule has 6 heteroatoms. The van der Waals surface area contributed by atoms with Gasteiger partial charge < -0.3 is 14.5 Å². The van der Waals surface area contributed by atoms with Crippen molar-refractivity contribution in [1.82, 2.24) is 9.80 Å². The summed E-state index contributed by atoms with van der Waals surface area (Å²) in [6.45, 7) is 6.20. The number of carbonyl (C=O) groups excluding carboxylic acids is 1. The van der Waals surface area contributed by atoms with Gasteiger partial charge in [0.1, 0.15) is 11.6 Å². The topological polar surface area (TPSA) is 36.0 Å². The van der Waals surface area contributed by atoms with Crippen LogP contribution < -0.4 is 9.64 Å². The monoisotopic (exact) mass is 473 g/mol. The van der Waals surface area contributed by atoms with E-state index < -0.39 is 0 Å². The summed E-state index contributed by atoms with van der Waals surface area (Å²) in [7, 11) is 1.63. The third-order valence-corrected chi connectivity index (χ3v) is 7.35. The standard InChI is InChI=1S/C29H32FN3O2/c1-35-27-13-7-23(8-14-27)29(34)33-20-24(28(21-33)22-5-3-2-4-6-22)19-31-15-17-32(18-16-31)26-11-9-25(30)10-12-26/h2-14,24,28H,15-21H2,1H3/t24-,28+/m1/s1. The lowest BCUT2D eigenvalue weighted by molar-refractivity contribution is 0.0782. The molecule has 182 valence electrons. The fourth-order valence-electron chi connectivity index (χ4n) is 5.39. The number of hydrogen-bond acceptors (Lipinski definition) is 4. The van der Waals surface area contributed by atoms with Crippen molar-refractivity contribution in [3.63, 3.8) is 0 Å². The van der Waals surface area contributed by atoms with E-state index in [0.717, 1.165) is 57.3 Å². The van der Waals surface area contributed by atoms with Crippen LogP contribution in [0.25, 0.3) is 0 Å². The number of methoxy groups -OCH3 is 1. The van der Waals surface area contributed by atoms with Gasteiger partial charge in [0.2, 0.25) is 0 Å². The summed E-state index contributed by atoms with van der Waals surface area (Å²) in [4.78, 5) is 20.2. The number of carbonyl (C=O) groups is 1. The third-order valence-electron chi connectivity index (χ3n) is 7.35. The van der Waals surface area contributed by atoms with Crippen molar-refractivity contribution in [3.05, 3.63) is 95.8 Å². The smallest absolute Gasteiger partial charge is 0.253 e. The minimum absolute atomic E-state index is 0.0808. The lowest BCUT2D eigenvalue weighted by Crippen LogP contribution is -2.48. The van der Waals surface area contributed by atoms with Crippen LogP contribution in [0, 0.1) is 11.7 Å². The highest BCUT2D eigenvalue weighted by atomic mass is 19.1. The Balaban J connectivity index is 1.26. The van der Waals surface area contributed by atoms with Gasteiger partial charge in [-0.2, -0.15) is 0 Å². The highest BCUT2D eigenvalue weighted by Crippen LogP contribution is 2.34. The Bertz CT molecular complexity index is 1110. The molecule has 0 bridgehead atoms. The van der Waals surface area contributed by atoms with Gasteiger partial charge in [-0.15, -0.1) is 0 Å². The van der Waals surface area contributed by atoms with E-state index in [-0.39, 0.29) is 11.7 Å². The summed E-state index contributed by atoms with van der Waals surface area (Å²) in [6.07, 6.45) is 0. The van der Waals surface area contributed by atoms with Gasteiger partial charge in [0.25, 0.3) is 5.91 Å². The first kappa shape index (κ1) is 23.4. The van der Waals surface area contributed by atoms with Crippen LogP contribution in [0.2, 0.25) is 0 Å². The second-order valence-electron chi connectivity index (χ2n) is 9.48. The zero-order chi connectivity index (χ0) is 24.2. The lowest BCUT2D eigenvalue weighted by atomic mass is 9.88. The summed E-state index contributed by atoms with van der Waals surface area (Å²) < 4.78 is 18.5. The maximum atomic E-state index is 13.3. The molecule has 5 rings (SSSR count). The first-order chi connectivity index (χ1) is 17.1. The van der Waals surface area contributed by atoms with E-state index in [9.17, 15) is 9.18 Å². The molecule has 0 aromatic heterocycles. The van der Waals surface area contributed by atoms with Crippen LogP contribution in [0.15, 0.2) is 78.9 Å². The van der Waals surface area contributed by atoms with E-state index in [1.807, 2.05) is 47.4 Å². The first-order valence-electron chi connectivity index (χ1n) is 12.3. The van der Waals surface area contributed by atoms with Gasteiger partial charge in [0.15, 0.2) is 0 Å². The van der Waals surface area contributed by atoms with Crippen LogP contribution in [0.3, 0.4) is 0 Å². The SMILES string of the molecule is COc1ccc(C(=O)N2C[C@@H](CN3CCN(c4ccc(F)cc4)CC3)[C@H](c3ccccc3)C2)cc1. The number of ether oxygens (including phenoxy) is 1. The molecule has 0 N–H and O–H groups in total. The molecule has 1 amide bonds. The van der Waals surface area contributed by atoms with Crippen LogP contribution in [-0.2, 0) is 0 Å². The normalized spacial score (nSPS) is 20.7. The molecule has 5 nitrogen and oxygen atoms in total. The van der Waals surface area contributed by atoms with Crippen molar-refractivity contribution in [1.29, 1.82) is 0 Å². The molecule has 35 heavy (non-hydrogen) atoms. The minimum atomic E-state index is -0.200. The molecule has 3 aromatic rings. The van der Waals surface area contributed by atoms with Crippen molar-refractivity contribution < 1.29 is 13.9 Å². The van der Waals surface area contributed by atoms with E-state index >= 15 is 0 Å². The summed E-state index contributed by atoms with van der Waals surface area (Å²) in [5.41, 5.74) is 3.07. The highest BCUT2D eigenvalue weighted by molar-refractivity contribution is 5.94. The molecule has 0 spiro atoms. The predicted molar refractivity (Wildman–Crippen MR) is 137 cm³/mol. The molecule has 2 atom stereocenters. The Morgan fingerprint density at radius 3 is 2.23 bits per heavy atom. The molecule has 2 heterocycles. The Kier molecular flexibility index (Phi) is 7.00. The Morgan fingerprint density at radius 2 is 1.57 bits per heavy atom. The molecule has 2 aliphatic heterocycles. The van der Waals surface area contributed by atoms with E-state index in [2.05, 4.69) is 34.1 Å². The van der Waals surface area contributed by atoms with Crippen LogP contribution in [0.4, 0.5) is 10.1 Å². The first-order valence-corrected chi connectivity index (χ1v) is 12.3. The van der Waals surface area contributed by atoms with Crippen LogP contribution in [0.5, 0.6) is 5.75 Å². The second kappa shape index (κ2) is 10.5. The molecule has 2 fully saturated rings. The Labute approximate surface area is 206 Å². The van der Waals surface area contributed by atoms with Crippen LogP contribution in [0.1, 0.15) is 21.8 Å². The van der Waals surface area contributed by atoms with Gasteiger partial charge in [-0.25, -0.2) is 4.39 Å². The van der Waals surface area contributed by atoms with E-state index in [1.54, 1.807) is 7.11 Å². The number of nitrogens with zero attached hydrogens (tertiary/aromatic N) is 3. The quantitative estimate of drug-likeness (QED) is 0.528. The fraction of sp³-hybridized carbons (Fsp3) is 0.345. The van der Waals surface area contributed by atoms with E-state index in [1.165, 1.54) is 17.7 Å². The van der Waals surface area contributed by atoms with Crippen LogP contribution >= 0.6 is 0 Å². The molecule has 0 saturated carbocycles. The molecule has 2 saturated heterocycles. The number of piperazine rings is 1. The zero-order valence-electron chi connectivity index (χ0n) is 20.1. The molecular weight excluding hydrogens is 441 g/mol. The number of benzene rings is 3. The second-order valence-corrected chi connectivity index (χ2v) is 9.48. The fourth-order valence-corrected chi connectivity index (χ4v) is 5.39. The summed E-state index contributed by atoms with van der Waals surface area (Å²) in [5, 5.41) is 0. The van der Waals surface area contributed by atoms with Gasteiger partial charge >= 0.3 is 0 Å². The van der Waals surface area contributed by atoms with Crippen molar-refractivity contribution in [3.8, 4) is 5.75 Å². The predicted octanol–water partition coefficient (Wildman–Crippen LogP) is 4.51. The van der Waals surface area contributed by atoms with Crippen molar-refractivity contribution in [2.24, 2.45) is 5.92 Å². The lowest BCUT2D eigenvalue weighted by Gasteiger charge is -2.37. The van der Waals surface area contributed by atoms with Crippen molar-refractivity contribution in [2.75, 3.05) is 57.8 Å². The Hall–Kier alpha value is -3.38. The average Bonchev–Trinajstić information content (AvgIpc) is 3.33. The molecular formula is C29H32FN3O2. The Morgan fingerprint density at radius 1 is 0.886 bits per heavy atom. The van der Waals surface area contributed by atoms with E-state index in [4.69, 9.17) is 4.74 Å². The number of anilines is 1. The maximum absolute atomic E-state index is 13.3. The van der Waals surface area contributed by atoms with Crippen LogP contribution in [-0.4, -0.2) is 68.6 Å². The number of hydrogen-bond donors (Lipinski definition) is 0.